The molecule has 0 aliphatic heterocycles. The third-order valence-corrected chi connectivity index (χ3v) is 4.56. The van der Waals surface area contributed by atoms with Gasteiger partial charge in [0.25, 0.3) is 0 Å². The number of pyridine rings is 1. The highest BCUT2D eigenvalue weighted by Crippen LogP contribution is 2.36. The van der Waals surface area contributed by atoms with E-state index in [1.54, 1.807) is 11.7 Å². The summed E-state index contributed by atoms with van der Waals surface area (Å²) in [5.41, 5.74) is 8.81. The highest BCUT2D eigenvalue weighted by atomic mass is 32.2. The Bertz CT molecular complexity index is 773. The van der Waals surface area contributed by atoms with Gasteiger partial charge in [0.2, 0.25) is 0 Å². The molecule has 3 aromatic rings. The lowest BCUT2D eigenvalue weighted by Crippen LogP contribution is -2.14. The highest BCUT2D eigenvalue weighted by Gasteiger charge is 2.15. The van der Waals surface area contributed by atoms with Crippen molar-refractivity contribution in [1.29, 1.82) is 0 Å². The first kappa shape index (κ1) is 12.8. The van der Waals surface area contributed by atoms with Gasteiger partial charge in [0.15, 0.2) is 10.2 Å². The molecule has 0 saturated heterocycles. The summed E-state index contributed by atoms with van der Waals surface area (Å²) >= 11 is 2.86. The molecule has 0 amide bonds. The van der Waals surface area contributed by atoms with Gasteiger partial charge in [-0.05, 0) is 6.07 Å². The molecule has 0 fully saturated rings. The van der Waals surface area contributed by atoms with Crippen molar-refractivity contribution in [3.05, 3.63) is 41.5 Å². The van der Waals surface area contributed by atoms with Crippen molar-refractivity contribution in [2.45, 2.75) is 9.24 Å². The van der Waals surface area contributed by atoms with Crippen LogP contribution in [-0.2, 0) is 0 Å². The Labute approximate surface area is 122 Å². The van der Waals surface area contributed by atoms with E-state index in [0.717, 1.165) is 20.1 Å². The summed E-state index contributed by atoms with van der Waals surface area (Å²) in [5.74, 6) is 0.0234. The van der Waals surface area contributed by atoms with Gasteiger partial charge >= 0.3 is 0 Å². The Morgan fingerprint density at radius 2 is 2.20 bits per heavy atom. The lowest BCUT2D eigenvalue weighted by atomic mass is 10.1. The molecule has 20 heavy (non-hydrogen) atoms. The number of hydrogen-bond donors (Lipinski definition) is 2. The van der Waals surface area contributed by atoms with Crippen LogP contribution in [0.3, 0.4) is 0 Å². The Morgan fingerprint density at radius 3 is 2.95 bits per heavy atom. The Balaban J connectivity index is 2.23. The third kappa shape index (κ3) is 2.30. The number of hydrogen-bond acceptors (Lipinski definition) is 7. The van der Waals surface area contributed by atoms with Gasteiger partial charge in [-0.3, -0.25) is 4.98 Å². The maximum Gasteiger partial charge on any atom is 0.178 e. The molecule has 0 aliphatic rings. The molecule has 2 heterocycles. The maximum absolute atomic E-state index is 8.91. The number of aromatic nitrogens is 3. The second-order valence-corrected chi connectivity index (χ2v) is 5.90. The molecule has 0 radical (unpaired) electrons. The van der Waals surface area contributed by atoms with Crippen molar-refractivity contribution in [3.8, 4) is 0 Å². The standard InChI is InChI=1S/C12H9N5OS2/c13-11(17-18)8-5-14-9-4-2-1-3-7(9)10(8)20-12-16-15-6-19-12/h1-6,18H,(H2,13,17). The van der Waals surface area contributed by atoms with Crippen LogP contribution in [0.2, 0.25) is 0 Å². The molecule has 8 heteroatoms. The topological polar surface area (TPSA) is 97.3 Å². The van der Waals surface area contributed by atoms with E-state index in [2.05, 4.69) is 20.3 Å². The second-order valence-electron chi connectivity index (χ2n) is 3.81. The summed E-state index contributed by atoms with van der Waals surface area (Å²) in [6, 6.07) is 7.69. The van der Waals surface area contributed by atoms with Crippen LogP contribution in [0.4, 0.5) is 0 Å². The van der Waals surface area contributed by atoms with E-state index in [9.17, 15) is 0 Å². The van der Waals surface area contributed by atoms with E-state index in [-0.39, 0.29) is 5.84 Å². The van der Waals surface area contributed by atoms with Crippen LogP contribution >= 0.6 is 23.1 Å². The molecule has 0 unspecified atom stereocenters. The van der Waals surface area contributed by atoms with Gasteiger partial charge in [-0.2, -0.15) is 0 Å². The van der Waals surface area contributed by atoms with Crippen LogP contribution < -0.4 is 5.73 Å². The van der Waals surface area contributed by atoms with Gasteiger partial charge in [0.05, 0.1) is 11.1 Å². The van der Waals surface area contributed by atoms with Crippen LogP contribution in [0.1, 0.15) is 5.56 Å². The fourth-order valence-electron chi connectivity index (χ4n) is 1.76. The Kier molecular flexibility index (Phi) is 3.48. The highest BCUT2D eigenvalue weighted by molar-refractivity contribution is 8.01. The van der Waals surface area contributed by atoms with Crippen LogP contribution in [0.15, 0.2) is 50.4 Å². The number of oxime groups is 1. The van der Waals surface area contributed by atoms with Gasteiger partial charge < -0.3 is 10.9 Å². The quantitative estimate of drug-likeness (QED) is 0.333. The molecule has 2 aromatic heterocycles. The summed E-state index contributed by atoms with van der Waals surface area (Å²) in [6.07, 6.45) is 1.60. The Morgan fingerprint density at radius 1 is 1.35 bits per heavy atom. The first-order valence-corrected chi connectivity index (χ1v) is 7.29. The maximum atomic E-state index is 8.91. The minimum atomic E-state index is 0.0234. The molecule has 0 bridgehead atoms. The first-order chi connectivity index (χ1) is 9.79. The number of para-hydroxylation sites is 1. The van der Waals surface area contributed by atoms with Gasteiger partial charge in [-0.15, -0.1) is 10.2 Å². The van der Waals surface area contributed by atoms with Crippen LogP contribution in [0.25, 0.3) is 10.9 Å². The molecule has 0 spiro atoms. The van der Waals surface area contributed by atoms with Gasteiger partial charge in [-0.1, -0.05) is 46.5 Å². The predicted octanol–water partition coefficient (Wildman–Crippen LogP) is 2.33. The molecule has 0 saturated carbocycles. The molecular formula is C12H9N5OS2. The van der Waals surface area contributed by atoms with Gasteiger partial charge in [-0.25, -0.2) is 0 Å². The monoisotopic (exact) mass is 303 g/mol. The molecule has 100 valence electrons. The van der Waals surface area contributed by atoms with Crippen molar-refractivity contribution in [3.63, 3.8) is 0 Å². The molecule has 3 rings (SSSR count). The zero-order valence-electron chi connectivity index (χ0n) is 10.1. The van der Waals surface area contributed by atoms with Crippen LogP contribution in [0, 0.1) is 0 Å². The van der Waals surface area contributed by atoms with E-state index in [1.165, 1.54) is 23.1 Å². The third-order valence-electron chi connectivity index (χ3n) is 2.64. The van der Waals surface area contributed by atoms with Crippen LogP contribution in [0.5, 0.6) is 0 Å². The summed E-state index contributed by atoms with van der Waals surface area (Å²) in [5, 5.41) is 20.7. The van der Waals surface area contributed by atoms with Crippen molar-refractivity contribution in [2.75, 3.05) is 0 Å². The van der Waals surface area contributed by atoms with Crippen molar-refractivity contribution >= 4 is 39.8 Å². The zero-order chi connectivity index (χ0) is 13.9. The van der Waals surface area contributed by atoms with E-state index < -0.39 is 0 Å². The Hall–Kier alpha value is -2.19. The summed E-state index contributed by atoms with van der Waals surface area (Å²) in [7, 11) is 0. The lowest BCUT2D eigenvalue weighted by molar-refractivity contribution is 0.318. The number of fused-ring (bicyclic) bond motifs is 1. The molecular weight excluding hydrogens is 294 g/mol. The van der Waals surface area contributed by atoms with E-state index in [4.69, 9.17) is 10.9 Å². The minimum absolute atomic E-state index is 0.0234. The molecule has 0 atom stereocenters. The molecule has 3 N–H and O–H groups in total. The number of amidine groups is 1. The lowest BCUT2D eigenvalue weighted by Gasteiger charge is -2.09. The van der Waals surface area contributed by atoms with E-state index >= 15 is 0 Å². The van der Waals surface area contributed by atoms with Crippen LogP contribution in [-0.4, -0.2) is 26.2 Å². The average Bonchev–Trinajstić information content (AvgIpc) is 3.00. The number of nitrogens with zero attached hydrogens (tertiary/aromatic N) is 4. The molecule has 0 aliphatic carbocycles. The van der Waals surface area contributed by atoms with Crippen molar-refractivity contribution in [1.82, 2.24) is 15.2 Å². The van der Waals surface area contributed by atoms with Crippen molar-refractivity contribution < 1.29 is 5.21 Å². The average molecular weight is 303 g/mol. The molecule has 1 aromatic carbocycles. The van der Waals surface area contributed by atoms with Gasteiger partial charge in [0.1, 0.15) is 5.51 Å². The smallest absolute Gasteiger partial charge is 0.178 e. The normalized spacial score (nSPS) is 11.9. The summed E-state index contributed by atoms with van der Waals surface area (Å²) < 4.78 is 0.786. The van der Waals surface area contributed by atoms with Gasteiger partial charge in [0, 0.05) is 16.5 Å². The minimum Gasteiger partial charge on any atom is -0.409 e. The van der Waals surface area contributed by atoms with Crippen molar-refractivity contribution in [2.24, 2.45) is 10.9 Å². The first-order valence-electron chi connectivity index (χ1n) is 5.59. The van der Waals surface area contributed by atoms with E-state index in [0.29, 0.717) is 5.56 Å². The number of nitrogens with two attached hydrogens (primary N) is 1. The number of benzene rings is 1. The fourth-order valence-corrected chi connectivity index (χ4v) is 3.42. The summed E-state index contributed by atoms with van der Waals surface area (Å²) in [6.45, 7) is 0. The number of rotatable bonds is 3. The fraction of sp³-hybridized carbons (Fsp3) is 0. The van der Waals surface area contributed by atoms with E-state index in [1.807, 2.05) is 24.3 Å². The zero-order valence-corrected chi connectivity index (χ0v) is 11.7. The molecule has 6 nitrogen and oxygen atoms in total. The predicted molar refractivity (Wildman–Crippen MR) is 78.3 cm³/mol. The summed E-state index contributed by atoms with van der Waals surface area (Å²) in [4.78, 5) is 5.17. The largest absolute Gasteiger partial charge is 0.409 e. The second kappa shape index (κ2) is 5.43. The SMILES string of the molecule is N/C(=N\O)c1cnc2ccccc2c1Sc1nncs1.